The first kappa shape index (κ1) is 40.7. The molecule has 0 heterocycles. The molecule has 0 aromatic heterocycles. The summed E-state index contributed by atoms with van der Waals surface area (Å²) >= 11 is 6.19. The molecule has 1 saturated carbocycles. The van der Waals surface area contributed by atoms with Crippen molar-refractivity contribution in [3.05, 3.63) is 101 Å². The highest BCUT2D eigenvalue weighted by atomic mass is 35.5. The van der Waals surface area contributed by atoms with Crippen molar-refractivity contribution in [3.63, 3.8) is 0 Å². The number of ether oxygens (including phenoxy) is 1. The van der Waals surface area contributed by atoms with Crippen LogP contribution in [0.3, 0.4) is 0 Å². The molecule has 1 aliphatic carbocycles. The molecule has 0 bridgehead atoms. The van der Waals surface area contributed by atoms with Crippen molar-refractivity contribution in [1.82, 2.24) is 21.3 Å². The Morgan fingerprint density at radius 2 is 1.47 bits per heavy atom. The number of alkyl halides is 5. The highest BCUT2D eigenvalue weighted by molar-refractivity contribution is 6.30. The van der Waals surface area contributed by atoms with Crippen molar-refractivity contribution in [2.75, 3.05) is 13.7 Å². The van der Waals surface area contributed by atoms with Crippen LogP contribution in [0.1, 0.15) is 49.4 Å². The molecule has 0 radical (unpaired) electrons. The zero-order valence-corrected chi connectivity index (χ0v) is 29.6. The van der Waals surface area contributed by atoms with Crippen LogP contribution in [0.15, 0.2) is 78.9 Å². The van der Waals surface area contributed by atoms with Crippen molar-refractivity contribution < 1.29 is 50.7 Å². The fourth-order valence-corrected chi connectivity index (χ4v) is 5.86. The minimum Gasteiger partial charge on any atom is -0.497 e. The molecule has 3 unspecified atom stereocenters. The first-order valence-electron chi connectivity index (χ1n) is 16.5. The molecule has 10 nitrogen and oxygen atoms in total. The van der Waals surface area contributed by atoms with Crippen LogP contribution in [0.2, 0.25) is 5.02 Å². The molecule has 284 valence electrons. The molecule has 16 heteroatoms. The number of ketones is 1. The third kappa shape index (κ3) is 10.3. The molecule has 0 saturated heterocycles. The molecular formula is C37H38ClF5N4O6. The van der Waals surface area contributed by atoms with Gasteiger partial charge < -0.3 is 26.0 Å². The summed E-state index contributed by atoms with van der Waals surface area (Å²) in [5.41, 5.74) is 0.535. The minimum atomic E-state index is -5.03. The van der Waals surface area contributed by atoms with Crippen molar-refractivity contribution >= 4 is 41.0 Å². The zero-order chi connectivity index (χ0) is 39.1. The van der Waals surface area contributed by atoms with Gasteiger partial charge in [-0.2, -0.15) is 22.0 Å². The number of hydrogen-bond donors (Lipinski definition) is 4. The second-order valence-corrected chi connectivity index (χ2v) is 13.4. The summed E-state index contributed by atoms with van der Waals surface area (Å²) in [7, 11) is 1.38. The van der Waals surface area contributed by atoms with Crippen LogP contribution in [0.25, 0.3) is 0 Å². The summed E-state index contributed by atoms with van der Waals surface area (Å²) in [4.78, 5) is 66.8. The summed E-state index contributed by atoms with van der Waals surface area (Å²) in [5, 5.41) is 8.88. The number of carbonyl (C=O) groups excluding carboxylic acids is 5. The number of halogens is 6. The first-order chi connectivity index (χ1) is 24.9. The van der Waals surface area contributed by atoms with E-state index in [-0.39, 0.29) is 12.0 Å². The second-order valence-electron chi connectivity index (χ2n) is 13.0. The van der Waals surface area contributed by atoms with Gasteiger partial charge in [-0.25, -0.2) is 0 Å². The van der Waals surface area contributed by atoms with Gasteiger partial charge in [0.2, 0.25) is 23.5 Å². The lowest BCUT2D eigenvalue weighted by atomic mass is 9.93. The number of methoxy groups -OCH3 is 1. The number of Topliss-reactive ketones (excluding diaryl/α,β-unsaturated/α-hetero) is 1. The standard InChI is InChI=1S/C37H38ClF5N4O6/c1-21(2)28(30(48)37(42,43)34(52)44-20-36(39,40)41)46-32(50)29(23-12-14-26(53-3)15-13-23)47-31(49)27(19-22-8-7-11-25(38)18-22)45-33(51)35(16-17-35)24-9-5-4-6-10-24/h4-15,18,21,27-29H,16-17,19-20H2,1-3H3,(H,44,52)(H,45,51)(H,46,50)(H,47,49). The molecule has 3 atom stereocenters. The number of amides is 4. The van der Waals surface area contributed by atoms with E-state index in [2.05, 4.69) is 16.0 Å². The average Bonchev–Trinajstić information content (AvgIpc) is 3.93. The molecule has 3 aromatic rings. The van der Waals surface area contributed by atoms with Gasteiger partial charge in [0.15, 0.2) is 0 Å². The Labute approximate surface area is 307 Å². The van der Waals surface area contributed by atoms with E-state index in [1.54, 1.807) is 54.6 Å². The van der Waals surface area contributed by atoms with Crippen LogP contribution >= 0.6 is 11.6 Å². The zero-order valence-electron chi connectivity index (χ0n) is 28.9. The molecule has 0 spiro atoms. The Hall–Kier alpha value is -5.05. The quantitative estimate of drug-likeness (QED) is 0.120. The van der Waals surface area contributed by atoms with Crippen LogP contribution in [0.4, 0.5) is 22.0 Å². The topological polar surface area (TPSA) is 143 Å². The van der Waals surface area contributed by atoms with Gasteiger partial charge in [0.25, 0.3) is 5.91 Å². The van der Waals surface area contributed by atoms with Crippen molar-refractivity contribution in [1.29, 1.82) is 0 Å². The Kier molecular flexibility index (Phi) is 12.9. The number of rotatable bonds is 16. The maximum absolute atomic E-state index is 14.9. The van der Waals surface area contributed by atoms with Crippen molar-refractivity contribution in [2.45, 2.75) is 68.7 Å². The van der Waals surface area contributed by atoms with Crippen LogP contribution in [-0.4, -0.2) is 67.2 Å². The highest BCUT2D eigenvalue weighted by Crippen LogP contribution is 2.48. The van der Waals surface area contributed by atoms with E-state index in [9.17, 15) is 45.9 Å². The molecule has 3 aromatic carbocycles. The van der Waals surface area contributed by atoms with Crippen LogP contribution in [0, 0.1) is 5.92 Å². The Morgan fingerprint density at radius 3 is 2.02 bits per heavy atom. The van der Waals surface area contributed by atoms with E-state index in [0.29, 0.717) is 29.2 Å². The SMILES string of the molecule is COc1ccc(C(NC(=O)C(Cc2cccc(Cl)c2)NC(=O)C2(c3ccccc3)CC2)C(=O)NC(C(=O)C(F)(F)C(=O)NCC(F)(F)F)C(C)C)cc1. The lowest BCUT2D eigenvalue weighted by Crippen LogP contribution is -2.59. The highest BCUT2D eigenvalue weighted by Gasteiger charge is 2.53. The Bertz CT molecular complexity index is 1800. The van der Waals surface area contributed by atoms with Gasteiger partial charge in [-0.1, -0.05) is 80.0 Å². The monoisotopic (exact) mass is 764 g/mol. The normalized spacial score (nSPS) is 15.4. The second kappa shape index (κ2) is 16.7. The molecule has 1 aliphatic rings. The largest absolute Gasteiger partial charge is 0.497 e. The summed E-state index contributed by atoms with van der Waals surface area (Å²) in [6.07, 6.45) is -4.06. The predicted molar refractivity (Wildman–Crippen MR) is 184 cm³/mol. The Balaban J connectivity index is 1.64. The number of hydrogen-bond acceptors (Lipinski definition) is 6. The summed E-state index contributed by atoms with van der Waals surface area (Å²) in [5.74, 6) is -12.8. The summed E-state index contributed by atoms with van der Waals surface area (Å²) < 4.78 is 72.8. The van der Waals surface area contributed by atoms with Gasteiger partial charge >= 0.3 is 12.1 Å². The molecule has 4 N–H and O–H groups in total. The third-order valence-electron chi connectivity index (χ3n) is 8.75. The van der Waals surface area contributed by atoms with Crippen molar-refractivity contribution in [2.24, 2.45) is 5.92 Å². The van der Waals surface area contributed by atoms with E-state index in [1.165, 1.54) is 45.2 Å². The fourth-order valence-electron chi connectivity index (χ4n) is 5.64. The van der Waals surface area contributed by atoms with E-state index in [1.807, 2.05) is 0 Å². The number of carbonyl (C=O) groups is 5. The van der Waals surface area contributed by atoms with E-state index in [4.69, 9.17) is 16.3 Å². The maximum atomic E-state index is 14.9. The molecule has 53 heavy (non-hydrogen) atoms. The van der Waals surface area contributed by atoms with Gasteiger partial charge in [0, 0.05) is 11.4 Å². The summed E-state index contributed by atoms with van der Waals surface area (Å²) in [6.45, 7) is 0.424. The Morgan fingerprint density at radius 1 is 0.830 bits per heavy atom. The smallest absolute Gasteiger partial charge is 0.405 e. The van der Waals surface area contributed by atoms with Crippen LogP contribution in [0.5, 0.6) is 5.75 Å². The molecular weight excluding hydrogens is 727 g/mol. The van der Waals surface area contributed by atoms with E-state index < -0.39 is 77.5 Å². The van der Waals surface area contributed by atoms with Gasteiger partial charge in [0.1, 0.15) is 24.4 Å². The fraction of sp³-hybridized carbons (Fsp3) is 0.378. The third-order valence-corrected chi connectivity index (χ3v) is 8.99. The lowest BCUT2D eigenvalue weighted by molar-refractivity contribution is -0.165. The van der Waals surface area contributed by atoms with Crippen LogP contribution in [-0.2, 0) is 35.8 Å². The number of nitrogens with one attached hydrogen (secondary N) is 4. The molecule has 4 amide bonds. The van der Waals surface area contributed by atoms with Gasteiger partial charge in [-0.05, 0) is 59.7 Å². The van der Waals surface area contributed by atoms with E-state index >= 15 is 0 Å². The minimum absolute atomic E-state index is 0.0771. The van der Waals surface area contributed by atoms with Gasteiger partial charge in [0.05, 0.1) is 18.6 Å². The van der Waals surface area contributed by atoms with E-state index in [0.717, 1.165) is 10.9 Å². The molecule has 0 aliphatic heterocycles. The van der Waals surface area contributed by atoms with Crippen molar-refractivity contribution in [3.8, 4) is 5.75 Å². The average molecular weight is 765 g/mol. The maximum Gasteiger partial charge on any atom is 0.405 e. The predicted octanol–water partition coefficient (Wildman–Crippen LogP) is 4.99. The first-order valence-corrected chi connectivity index (χ1v) is 16.9. The molecule has 4 rings (SSSR count). The summed E-state index contributed by atoms with van der Waals surface area (Å²) in [6, 6.07) is 16.2. The molecule has 1 fully saturated rings. The lowest BCUT2D eigenvalue weighted by Gasteiger charge is -2.29. The van der Waals surface area contributed by atoms with Gasteiger partial charge in [-0.3, -0.25) is 24.0 Å². The van der Waals surface area contributed by atoms with Gasteiger partial charge in [-0.15, -0.1) is 0 Å². The van der Waals surface area contributed by atoms with Crippen LogP contribution < -0.4 is 26.0 Å². The number of benzene rings is 3.